The summed E-state index contributed by atoms with van der Waals surface area (Å²) in [6.45, 7) is 8.56. The fourth-order valence-corrected chi connectivity index (χ4v) is 4.28. The Morgan fingerprint density at radius 1 is 1.19 bits per heavy atom. The first-order chi connectivity index (χ1) is 17.3. The van der Waals surface area contributed by atoms with Crippen LogP contribution in [0.4, 0.5) is 13.2 Å². The van der Waals surface area contributed by atoms with Crippen LogP contribution in [0.2, 0.25) is 0 Å². The van der Waals surface area contributed by atoms with Crippen LogP contribution in [0.1, 0.15) is 63.2 Å². The summed E-state index contributed by atoms with van der Waals surface area (Å²) in [4.78, 5) is 20.3. The summed E-state index contributed by atoms with van der Waals surface area (Å²) in [7, 11) is 4.15. The monoisotopic (exact) mass is 523 g/mol. The largest absolute Gasteiger partial charge is 0.506 e. The molecule has 204 valence electrons. The van der Waals surface area contributed by atoms with Gasteiger partial charge >= 0.3 is 6.18 Å². The highest BCUT2D eigenvalue weighted by atomic mass is 19.4. The minimum Gasteiger partial charge on any atom is -0.506 e. The SMILES string of the molecule is CCCC(CC)(CNC=O)N(C)C.Cc1nc(-c2ccc(O)c3nc(C(F)(F)F)ccc23)oc1[C@H](C)N. The van der Waals surface area contributed by atoms with Crippen LogP contribution < -0.4 is 11.1 Å². The van der Waals surface area contributed by atoms with E-state index in [1.165, 1.54) is 18.2 Å². The number of rotatable bonds is 9. The number of aromatic hydroxyl groups is 1. The molecule has 0 radical (unpaired) electrons. The molecule has 1 unspecified atom stereocenters. The van der Waals surface area contributed by atoms with Gasteiger partial charge in [-0.05, 0) is 65.0 Å². The van der Waals surface area contributed by atoms with Crippen LogP contribution in [-0.2, 0) is 11.0 Å². The first kappa shape index (κ1) is 30.0. The van der Waals surface area contributed by atoms with E-state index in [0.29, 0.717) is 22.4 Å². The van der Waals surface area contributed by atoms with Gasteiger partial charge in [0.15, 0.2) is 0 Å². The van der Waals surface area contributed by atoms with Gasteiger partial charge in [-0.2, -0.15) is 13.2 Å². The van der Waals surface area contributed by atoms with Crippen molar-refractivity contribution in [2.45, 2.75) is 64.7 Å². The molecule has 0 aliphatic carbocycles. The standard InChI is InChI=1S/C16H14F3N3O2.C10H22N2O/c1-7(20)14-8(2)21-15(24-14)10-3-5-11(23)13-9(10)4-6-12(22-13)16(17,18)19;1-5-7-10(6-2,12(3)4)8-11-9-13/h3-7,23H,20H2,1-2H3;9H,5-8H2,1-4H3,(H,11,13)/t7-;/m0./s1. The van der Waals surface area contributed by atoms with Crippen molar-refractivity contribution in [1.82, 2.24) is 20.2 Å². The first-order valence-corrected chi connectivity index (χ1v) is 12.1. The van der Waals surface area contributed by atoms with Crippen molar-refractivity contribution in [3.8, 4) is 17.2 Å². The molecule has 1 aromatic carbocycles. The Balaban J connectivity index is 0.000000317. The number of amides is 1. The topological polar surface area (TPSA) is 118 Å². The molecule has 1 amide bonds. The number of oxazole rings is 1. The number of fused-ring (bicyclic) bond motifs is 1. The van der Waals surface area contributed by atoms with Crippen molar-refractivity contribution < 1.29 is 27.5 Å². The normalized spacial score (nSPS) is 14.1. The number of benzene rings is 1. The number of nitrogens with one attached hydrogen (secondary N) is 1. The molecule has 4 N–H and O–H groups in total. The average Bonchev–Trinajstić information content (AvgIpc) is 3.23. The number of nitrogens with zero attached hydrogens (tertiary/aromatic N) is 3. The number of likely N-dealkylation sites (N-methyl/N-ethyl adjacent to an activating group) is 1. The van der Waals surface area contributed by atoms with E-state index < -0.39 is 11.9 Å². The maximum Gasteiger partial charge on any atom is 0.433 e. The Kier molecular flexibility index (Phi) is 10.0. The third-order valence-corrected chi connectivity index (χ3v) is 6.44. The van der Waals surface area contributed by atoms with Crippen molar-refractivity contribution in [3.05, 3.63) is 41.4 Å². The smallest absolute Gasteiger partial charge is 0.433 e. The molecule has 0 fully saturated rings. The summed E-state index contributed by atoms with van der Waals surface area (Å²) < 4.78 is 44.1. The Labute approximate surface area is 215 Å². The lowest BCUT2D eigenvalue weighted by Crippen LogP contribution is -2.51. The van der Waals surface area contributed by atoms with E-state index in [1.807, 2.05) is 0 Å². The molecular formula is C26H36F3N5O3. The lowest BCUT2D eigenvalue weighted by molar-refractivity contribution is -0.141. The van der Waals surface area contributed by atoms with E-state index in [9.17, 15) is 23.1 Å². The molecule has 8 nitrogen and oxygen atoms in total. The summed E-state index contributed by atoms with van der Waals surface area (Å²) in [5, 5.41) is 13.0. The highest BCUT2D eigenvalue weighted by Gasteiger charge is 2.33. The van der Waals surface area contributed by atoms with Gasteiger partial charge < -0.3 is 25.5 Å². The summed E-state index contributed by atoms with van der Waals surface area (Å²) in [5.74, 6) is 0.355. The molecular weight excluding hydrogens is 487 g/mol. The second kappa shape index (κ2) is 12.4. The zero-order valence-corrected chi connectivity index (χ0v) is 22.1. The Hall–Kier alpha value is -3.18. The minimum absolute atomic E-state index is 0.135. The van der Waals surface area contributed by atoms with Gasteiger partial charge in [0, 0.05) is 23.0 Å². The van der Waals surface area contributed by atoms with E-state index in [1.54, 1.807) is 13.8 Å². The Morgan fingerprint density at radius 2 is 1.86 bits per heavy atom. The molecule has 3 aromatic rings. The van der Waals surface area contributed by atoms with Crippen molar-refractivity contribution >= 4 is 17.3 Å². The number of nitrogens with two attached hydrogens (primary N) is 1. The third-order valence-electron chi connectivity index (χ3n) is 6.44. The molecule has 2 heterocycles. The first-order valence-electron chi connectivity index (χ1n) is 12.1. The lowest BCUT2D eigenvalue weighted by Gasteiger charge is -2.39. The molecule has 2 atom stereocenters. The summed E-state index contributed by atoms with van der Waals surface area (Å²) >= 11 is 0. The molecule has 11 heteroatoms. The van der Waals surface area contributed by atoms with Crippen LogP contribution in [-0.4, -0.2) is 52.6 Å². The van der Waals surface area contributed by atoms with E-state index in [2.05, 4.69) is 48.1 Å². The number of pyridine rings is 1. The number of carbonyl (C=O) groups is 1. The lowest BCUT2D eigenvalue weighted by atomic mass is 9.89. The molecule has 0 spiro atoms. The van der Waals surface area contributed by atoms with Crippen molar-refractivity contribution in [1.29, 1.82) is 0 Å². The minimum atomic E-state index is -4.60. The quantitative estimate of drug-likeness (QED) is 0.331. The molecule has 3 rings (SSSR count). The highest BCUT2D eigenvalue weighted by molar-refractivity contribution is 5.96. The van der Waals surface area contributed by atoms with E-state index in [-0.39, 0.29) is 28.7 Å². The molecule has 0 aliphatic heterocycles. The summed E-state index contributed by atoms with van der Waals surface area (Å²) in [6, 6.07) is 4.50. The second-order valence-corrected chi connectivity index (χ2v) is 9.20. The maximum atomic E-state index is 12.8. The van der Waals surface area contributed by atoms with Gasteiger partial charge in [-0.25, -0.2) is 9.97 Å². The van der Waals surface area contributed by atoms with Gasteiger partial charge in [-0.15, -0.1) is 0 Å². The number of phenols is 1. The summed E-state index contributed by atoms with van der Waals surface area (Å²) in [5.41, 5.74) is 5.71. The molecule has 0 saturated heterocycles. The van der Waals surface area contributed by atoms with Crippen molar-refractivity contribution in [2.24, 2.45) is 5.73 Å². The highest BCUT2D eigenvalue weighted by Crippen LogP contribution is 2.36. The number of hydrogen-bond donors (Lipinski definition) is 3. The van der Waals surface area contributed by atoms with E-state index in [0.717, 1.165) is 38.3 Å². The number of phenolic OH excluding ortho intramolecular Hbond substituents is 1. The molecule has 0 bridgehead atoms. The number of alkyl halides is 3. The average molecular weight is 524 g/mol. The van der Waals surface area contributed by atoms with Crippen LogP contribution in [0, 0.1) is 6.92 Å². The number of aryl methyl sites for hydroxylation is 1. The fourth-order valence-electron chi connectivity index (χ4n) is 4.28. The van der Waals surface area contributed by atoms with Crippen molar-refractivity contribution in [2.75, 3.05) is 20.6 Å². The van der Waals surface area contributed by atoms with E-state index >= 15 is 0 Å². The third kappa shape index (κ3) is 6.98. The number of halogens is 3. The predicted octanol–water partition coefficient (Wildman–Crippen LogP) is 5.19. The van der Waals surface area contributed by atoms with E-state index in [4.69, 9.17) is 10.2 Å². The molecule has 2 aromatic heterocycles. The zero-order chi connectivity index (χ0) is 28.0. The van der Waals surface area contributed by atoms with Gasteiger partial charge in [0.1, 0.15) is 22.7 Å². The number of aromatic nitrogens is 2. The van der Waals surface area contributed by atoms with Gasteiger partial charge in [-0.1, -0.05) is 20.3 Å². The number of hydrogen-bond acceptors (Lipinski definition) is 7. The van der Waals surface area contributed by atoms with Crippen LogP contribution in [0.25, 0.3) is 22.4 Å². The maximum absolute atomic E-state index is 12.8. The second-order valence-electron chi connectivity index (χ2n) is 9.20. The Bertz CT molecular complexity index is 1190. The van der Waals surface area contributed by atoms with Crippen LogP contribution in [0.5, 0.6) is 5.75 Å². The van der Waals surface area contributed by atoms with Gasteiger partial charge in [0.2, 0.25) is 12.3 Å². The Morgan fingerprint density at radius 3 is 2.35 bits per heavy atom. The molecule has 37 heavy (non-hydrogen) atoms. The van der Waals surface area contributed by atoms with Crippen LogP contribution in [0.3, 0.4) is 0 Å². The van der Waals surface area contributed by atoms with Gasteiger partial charge in [0.05, 0.1) is 11.7 Å². The van der Waals surface area contributed by atoms with Crippen LogP contribution >= 0.6 is 0 Å². The fraction of sp³-hybridized carbons (Fsp3) is 0.500. The predicted molar refractivity (Wildman–Crippen MR) is 137 cm³/mol. The molecule has 0 aliphatic rings. The summed E-state index contributed by atoms with van der Waals surface area (Å²) in [6.07, 6.45) is -0.486. The van der Waals surface area contributed by atoms with Gasteiger partial charge in [-0.3, -0.25) is 4.79 Å². The zero-order valence-electron chi connectivity index (χ0n) is 22.1. The van der Waals surface area contributed by atoms with Crippen molar-refractivity contribution in [3.63, 3.8) is 0 Å². The van der Waals surface area contributed by atoms with Gasteiger partial charge in [0.25, 0.3) is 0 Å². The van der Waals surface area contributed by atoms with Crippen LogP contribution in [0.15, 0.2) is 28.7 Å². The molecule has 0 saturated carbocycles. The number of carbonyl (C=O) groups excluding carboxylic acids is 1.